The van der Waals surface area contributed by atoms with Crippen LogP contribution in [0, 0.1) is 0 Å². The Balaban J connectivity index is 1.59. The van der Waals surface area contributed by atoms with Gasteiger partial charge in [0.05, 0.1) is 26.7 Å². The number of carbonyl (C=O) groups is 2. The lowest BCUT2D eigenvalue weighted by Gasteiger charge is -2.28. The Hall–Kier alpha value is -3.80. The quantitative estimate of drug-likeness (QED) is 0.619. The fourth-order valence-electron chi connectivity index (χ4n) is 3.85. The van der Waals surface area contributed by atoms with Gasteiger partial charge in [-0.05, 0) is 41.5 Å². The third-order valence-electron chi connectivity index (χ3n) is 5.46. The molecule has 0 aromatic heterocycles. The number of anilines is 1. The summed E-state index contributed by atoms with van der Waals surface area (Å²) >= 11 is 0. The molecular weight excluding hydrogens is 392 g/mol. The third kappa shape index (κ3) is 4.38. The maximum Gasteiger partial charge on any atom is 0.255 e. The van der Waals surface area contributed by atoms with Crippen molar-refractivity contribution in [3.8, 4) is 11.5 Å². The van der Waals surface area contributed by atoms with Gasteiger partial charge >= 0.3 is 0 Å². The number of ether oxygens (including phenoxy) is 2. The fourth-order valence-corrected chi connectivity index (χ4v) is 3.85. The summed E-state index contributed by atoms with van der Waals surface area (Å²) in [6, 6.07) is 21.8. The Morgan fingerprint density at radius 3 is 2.42 bits per heavy atom. The fraction of sp³-hybridized carbons (Fsp3) is 0.200. The zero-order chi connectivity index (χ0) is 21.8. The molecule has 0 bridgehead atoms. The SMILES string of the molecule is COc1ccc([C@H](CC(=O)Nc2cccc(OC)c2)N2Cc3ccccc3C2=O)cc1. The minimum Gasteiger partial charge on any atom is -0.497 e. The molecule has 3 aromatic rings. The van der Waals surface area contributed by atoms with E-state index in [4.69, 9.17) is 9.47 Å². The molecule has 6 heteroatoms. The third-order valence-corrected chi connectivity index (χ3v) is 5.46. The van der Waals surface area contributed by atoms with E-state index in [0.29, 0.717) is 23.5 Å². The van der Waals surface area contributed by atoms with E-state index in [1.165, 1.54) is 0 Å². The average molecular weight is 416 g/mol. The van der Waals surface area contributed by atoms with Gasteiger partial charge in [-0.25, -0.2) is 0 Å². The van der Waals surface area contributed by atoms with Crippen molar-refractivity contribution >= 4 is 17.5 Å². The molecule has 3 aromatic carbocycles. The first kappa shape index (κ1) is 20.5. The van der Waals surface area contributed by atoms with Crippen LogP contribution in [0.5, 0.6) is 11.5 Å². The van der Waals surface area contributed by atoms with Crippen LogP contribution in [0.1, 0.15) is 33.9 Å². The number of amides is 2. The summed E-state index contributed by atoms with van der Waals surface area (Å²) in [6.45, 7) is 0.470. The van der Waals surface area contributed by atoms with Crippen LogP contribution < -0.4 is 14.8 Å². The number of fused-ring (bicyclic) bond motifs is 1. The number of rotatable bonds is 7. The normalized spacial score (nSPS) is 13.5. The number of nitrogens with zero attached hydrogens (tertiary/aromatic N) is 1. The van der Waals surface area contributed by atoms with Gasteiger partial charge in [0, 0.05) is 23.9 Å². The van der Waals surface area contributed by atoms with Crippen LogP contribution in [0.4, 0.5) is 5.69 Å². The van der Waals surface area contributed by atoms with Gasteiger partial charge in [0.25, 0.3) is 5.91 Å². The van der Waals surface area contributed by atoms with E-state index < -0.39 is 6.04 Å². The minimum absolute atomic E-state index is 0.0643. The maximum absolute atomic E-state index is 13.1. The molecule has 0 fully saturated rings. The molecule has 1 heterocycles. The number of benzene rings is 3. The molecule has 0 aliphatic carbocycles. The maximum atomic E-state index is 13.1. The highest BCUT2D eigenvalue weighted by atomic mass is 16.5. The van der Waals surface area contributed by atoms with Crippen LogP contribution >= 0.6 is 0 Å². The summed E-state index contributed by atoms with van der Waals surface area (Å²) in [5.74, 6) is 1.14. The van der Waals surface area contributed by atoms with E-state index in [9.17, 15) is 9.59 Å². The summed E-state index contributed by atoms with van der Waals surface area (Å²) in [7, 11) is 3.19. The van der Waals surface area contributed by atoms with Gasteiger partial charge in [-0.2, -0.15) is 0 Å². The lowest BCUT2D eigenvalue weighted by atomic mass is 10.0. The van der Waals surface area contributed by atoms with Crippen molar-refractivity contribution in [2.24, 2.45) is 0 Å². The highest BCUT2D eigenvalue weighted by Crippen LogP contribution is 2.34. The topological polar surface area (TPSA) is 67.9 Å². The second-order valence-corrected chi connectivity index (χ2v) is 7.36. The van der Waals surface area contributed by atoms with Crippen molar-refractivity contribution < 1.29 is 19.1 Å². The lowest BCUT2D eigenvalue weighted by molar-refractivity contribution is -0.117. The molecule has 0 radical (unpaired) electrons. The highest BCUT2D eigenvalue weighted by Gasteiger charge is 2.34. The zero-order valence-corrected chi connectivity index (χ0v) is 17.5. The minimum atomic E-state index is -0.406. The van der Waals surface area contributed by atoms with Crippen LogP contribution in [0.25, 0.3) is 0 Å². The average Bonchev–Trinajstić information content (AvgIpc) is 3.14. The Labute approximate surface area is 181 Å². The monoisotopic (exact) mass is 416 g/mol. The predicted molar refractivity (Wildman–Crippen MR) is 118 cm³/mol. The number of nitrogens with one attached hydrogen (secondary N) is 1. The van der Waals surface area contributed by atoms with E-state index in [-0.39, 0.29) is 18.2 Å². The van der Waals surface area contributed by atoms with E-state index in [0.717, 1.165) is 16.9 Å². The van der Waals surface area contributed by atoms with Gasteiger partial charge in [0.2, 0.25) is 5.91 Å². The van der Waals surface area contributed by atoms with Crippen molar-refractivity contribution in [2.45, 2.75) is 19.0 Å². The van der Waals surface area contributed by atoms with Crippen LogP contribution in [-0.4, -0.2) is 30.9 Å². The first-order valence-electron chi connectivity index (χ1n) is 10.1. The molecule has 0 spiro atoms. The molecule has 0 unspecified atom stereocenters. The van der Waals surface area contributed by atoms with Crippen molar-refractivity contribution in [3.63, 3.8) is 0 Å². The van der Waals surface area contributed by atoms with Gasteiger partial charge < -0.3 is 19.7 Å². The lowest BCUT2D eigenvalue weighted by Crippen LogP contribution is -2.32. The van der Waals surface area contributed by atoms with Crippen LogP contribution in [0.15, 0.2) is 72.8 Å². The summed E-state index contributed by atoms with van der Waals surface area (Å²) < 4.78 is 10.5. The number of methoxy groups -OCH3 is 2. The molecular formula is C25H24N2O4. The van der Waals surface area contributed by atoms with Crippen LogP contribution in [0.3, 0.4) is 0 Å². The van der Waals surface area contributed by atoms with E-state index >= 15 is 0 Å². The summed E-state index contributed by atoms with van der Waals surface area (Å²) in [5.41, 5.74) is 3.19. The van der Waals surface area contributed by atoms with E-state index in [1.807, 2.05) is 60.7 Å². The molecule has 158 valence electrons. The molecule has 6 nitrogen and oxygen atoms in total. The number of hydrogen-bond acceptors (Lipinski definition) is 4. The Morgan fingerprint density at radius 1 is 0.968 bits per heavy atom. The van der Waals surface area contributed by atoms with Gasteiger partial charge in [0.15, 0.2) is 0 Å². The molecule has 4 rings (SSSR count). The molecule has 1 aliphatic heterocycles. The van der Waals surface area contributed by atoms with Crippen molar-refractivity contribution in [3.05, 3.63) is 89.5 Å². The van der Waals surface area contributed by atoms with Gasteiger partial charge in [-0.1, -0.05) is 36.4 Å². The Kier molecular flexibility index (Phi) is 5.89. The van der Waals surface area contributed by atoms with Gasteiger partial charge in [0.1, 0.15) is 11.5 Å². The molecule has 31 heavy (non-hydrogen) atoms. The van der Waals surface area contributed by atoms with Gasteiger partial charge in [-0.15, -0.1) is 0 Å². The molecule has 1 aliphatic rings. The molecule has 0 saturated carbocycles. The van der Waals surface area contributed by atoms with Crippen molar-refractivity contribution in [1.82, 2.24) is 4.90 Å². The standard InChI is InChI=1S/C25H24N2O4/c1-30-20-12-10-17(11-13-20)23(27-16-18-6-3-4-9-22(18)25(27)29)15-24(28)26-19-7-5-8-21(14-19)31-2/h3-14,23H,15-16H2,1-2H3,(H,26,28)/t23-/m0/s1. The summed E-state index contributed by atoms with van der Waals surface area (Å²) in [5, 5.41) is 2.92. The molecule has 0 saturated heterocycles. The van der Waals surface area contributed by atoms with E-state index in [2.05, 4.69) is 5.32 Å². The second kappa shape index (κ2) is 8.92. The molecule has 2 amide bonds. The smallest absolute Gasteiger partial charge is 0.255 e. The van der Waals surface area contributed by atoms with Crippen LogP contribution in [0.2, 0.25) is 0 Å². The first-order chi connectivity index (χ1) is 15.1. The van der Waals surface area contributed by atoms with Crippen LogP contribution in [-0.2, 0) is 11.3 Å². The second-order valence-electron chi connectivity index (χ2n) is 7.36. The zero-order valence-electron chi connectivity index (χ0n) is 17.5. The number of carbonyl (C=O) groups excluding carboxylic acids is 2. The van der Waals surface area contributed by atoms with Crippen molar-refractivity contribution in [1.29, 1.82) is 0 Å². The number of hydrogen-bond donors (Lipinski definition) is 1. The Morgan fingerprint density at radius 2 is 1.71 bits per heavy atom. The van der Waals surface area contributed by atoms with Gasteiger partial charge in [-0.3, -0.25) is 9.59 Å². The first-order valence-corrected chi connectivity index (χ1v) is 10.1. The molecule has 1 atom stereocenters. The highest BCUT2D eigenvalue weighted by molar-refractivity contribution is 5.99. The summed E-state index contributed by atoms with van der Waals surface area (Å²) in [6.07, 6.45) is 0.128. The van der Waals surface area contributed by atoms with Crippen molar-refractivity contribution in [2.75, 3.05) is 19.5 Å². The molecule has 1 N–H and O–H groups in total. The predicted octanol–water partition coefficient (Wildman–Crippen LogP) is 4.43. The summed E-state index contributed by atoms with van der Waals surface area (Å²) in [4.78, 5) is 27.8. The largest absolute Gasteiger partial charge is 0.497 e. The Bertz CT molecular complexity index is 1090. The van der Waals surface area contributed by atoms with E-state index in [1.54, 1.807) is 31.3 Å².